The lowest BCUT2D eigenvalue weighted by molar-refractivity contribution is 0.234. The van der Waals surface area contributed by atoms with Crippen molar-refractivity contribution >= 4 is 22.0 Å². The molecule has 10 heteroatoms. The van der Waals surface area contributed by atoms with Gasteiger partial charge < -0.3 is 4.74 Å². The van der Waals surface area contributed by atoms with Crippen LogP contribution in [0.1, 0.15) is 45.9 Å². The Labute approximate surface area is 154 Å². The first-order valence-corrected chi connectivity index (χ1v) is 10.3. The van der Waals surface area contributed by atoms with Crippen LogP contribution in [0.25, 0.3) is 0 Å². The minimum atomic E-state index is -3.81. The molecule has 146 valence electrons. The van der Waals surface area contributed by atoms with Crippen molar-refractivity contribution in [1.82, 2.24) is 19.7 Å². The molecule has 0 spiro atoms. The van der Waals surface area contributed by atoms with E-state index in [9.17, 15) is 13.2 Å². The van der Waals surface area contributed by atoms with E-state index in [1.165, 1.54) is 7.11 Å². The van der Waals surface area contributed by atoms with E-state index in [1.807, 2.05) is 6.92 Å². The molecular weight excluding hydrogens is 358 g/mol. The number of hydrogen-bond donors (Lipinski definition) is 2. The van der Waals surface area contributed by atoms with E-state index in [0.717, 1.165) is 12.8 Å². The van der Waals surface area contributed by atoms with Crippen molar-refractivity contribution in [2.24, 2.45) is 17.8 Å². The summed E-state index contributed by atoms with van der Waals surface area (Å²) in [6.45, 7) is 7.72. The van der Waals surface area contributed by atoms with Gasteiger partial charge in [0.25, 0.3) is 0 Å². The molecule has 1 aromatic rings. The van der Waals surface area contributed by atoms with Gasteiger partial charge in [0.1, 0.15) is 5.82 Å². The fourth-order valence-corrected chi connectivity index (χ4v) is 4.99. The standard InChI is InChI=1S/C16H27N5O4S/c1-9(2)12-7-6-10(3)13(8-12)26(23,24)21-15(22)19-14-17-11(4)18-16(20-14)25-5/h9-10,12-13H,6-8H2,1-5H3,(H2,17,18,19,20,21,22). The largest absolute Gasteiger partial charge is 0.467 e. The number of anilines is 1. The van der Waals surface area contributed by atoms with Crippen molar-refractivity contribution in [3.05, 3.63) is 5.82 Å². The number of aromatic nitrogens is 3. The van der Waals surface area contributed by atoms with Gasteiger partial charge in [-0.2, -0.15) is 15.0 Å². The van der Waals surface area contributed by atoms with Gasteiger partial charge >= 0.3 is 12.0 Å². The predicted octanol–water partition coefficient (Wildman–Crippen LogP) is 2.10. The molecule has 2 amide bonds. The number of sulfonamides is 1. The van der Waals surface area contributed by atoms with Gasteiger partial charge in [-0.05, 0) is 43.9 Å². The summed E-state index contributed by atoms with van der Waals surface area (Å²) in [5.74, 6) is 1.02. The van der Waals surface area contributed by atoms with Crippen molar-refractivity contribution in [1.29, 1.82) is 0 Å². The minimum absolute atomic E-state index is 0.00480. The van der Waals surface area contributed by atoms with Crippen LogP contribution in [0.5, 0.6) is 6.01 Å². The summed E-state index contributed by atoms with van der Waals surface area (Å²) in [6.07, 6.45) is 2.40. The molecule has 9 nitrogen and oxygen atoms in total. The van der Waals surface area contributed by atoms with Gasteiger partial charge in [0.15, 0.2) is 0 Å². The Kier molecular flexibility index (Phi) is 6.38. The highest BCUT2D eigenvalue weighted by molar-refractivity contribution is 7.90. The number of amides is 2. The Bertz CT molecular complexity index is 753. The summed E-state index contributed by atoms with van der Waals surface area (Å²) in [7, 11) is -2.42. The average molecular weight is 385 g/mol. The first kappa shape index (κ1) is 20.3. The second-order valence-corrected chi connectivity index (χ2v) is 9.03. The third-order valence-electron chi connectivity index (χ3n) is 4.87. The van der Waals surface area contributed by atoms with Gasteiger partial charge in [-0.1, -0.05) is 20.8 Å². The summed E-state index contributed by atoms with van der Waals surface area (Å²) in [5.41, 5.74) is 0. The second kappa shape index (κ2) is 8.15. The second-order valence-electron chi connectivity index (χ2n) is 7.13. The van der Waals surface area contributed by atoms with E-state index in [-0.39, 0.29) is 17.9 Å². The lowest BCUT2D eigenvalue weighted by Crippen LogP contribution is -2.46. The molecular formula is C16H27N5O4S. The Morgan fingerprint density at radius 2 is 1.92 bits per heavy atom. The van der Waals surface area contributed by atoms with Gasteiger partial charge in [0.2, 0.25) is 16.0 Å². The number of ether oxygens (including phenoxy) is 1. The van der Waals surface area contributed by atoms with Crippen LogP contribution < -0.4 is 14.8 Å². The summed E-state index contributed by atoms with van der Waals surface area (Å²) in [4.78, 5) is 23.9. The minimum Gasteiger partial charge on any atom is -0.467 e. The highest BCUT2D eigenvalue weighted by atomic mass is 32.2. The number of urea groups is 1. The number of nitrogens with one attached hydrogen (secondary N) is 2. The zero-order valence-electron chi connectivity index (χ0n) is 15.8. The van der Waals surface area contributed by atoms with Gasteiger partial charge in [-0.3, -0.25) is 5.32 Å². The van der Waals surface area contributed by atoms with Crippen LogP contribution in [-0.2, 0) is 10.0 Å². The van der Waals surface area contributed by atoms with Crippen LogP contribution in [0.15, 0.2) is 0 Å². The smallest absolute Gasteiger partial charge is 0.335 e. The molecule has 3 atom stereocenters. The van der Waals surface area contributed by atoms with Crippen LogP contribution in [0.3, 0.4) is 0 Å². The van der Waals surface area contributed by atoms with E-state index in [4.69, 9.17) is 4.74 Å². The lowest BCUT2D eigenvalue weighted by Gasteiger charge is -2.35. The summed E-state index contributed by atoms with van der Waals surface area (Å²) in [5, 5.41) is 1.74. The fraction of sp³-hybridized carbons (Fsp3) is 0.750. The van der Waals surface area contributed by atoms with Crippen LogP contribution >= 0.6 is 0 Å². The molecule has 0 radical (unpaired) electrons. The number of methoxy groups -OCH3 is 1. The zero-order valence-corrected chi connectivity index (χ0v) is 16.6. The van der Waals surface area contributed by atoms with E-state index in [1.54, 1.807) is 6.92 Å². The Balaban J connectivity index is 2.08. The Morgan fingerprint density at radius 1 is 1.23 bits per heavy atom. The normalized spacial score (nSPS) is 23.5. The lowest BCUT2D eigenvalue weighted by atomic mass is 9.77. The number of rotatable bonds is 5. The van der Waals surface area contributed by atoms with Crippen LogP contribution in [-0.4, -0.2) is 41.8 Å². The summed E-state index contributed by atoms with van der Waals surface area (Å²) < 4.78 is 32.4. The van der Waals surface area contributed by atoms with Crippen molar-refractivity contribution in [3.8, 4) is 6.01 Å². The number of carbonyl (C=O) groups is 1. The predicted molar refractivity (Wildman–Crippen MR) is 97.3 cm³/mol. The zero-order chi connectivity index (χ0) is 19.5. The van der Waals surface area contributed by atoms with E-state index < -0.39 is 21.3 Å². The van der Waals surface area contributed by atoms with Crippen molar-refractivity contribution in [2.45, 2.75) is 52.2 Å². The third-order valence-corrected chi connectivity index (χ3v) is 6.80. The molecule has 1 aliphatic carbocycles. The summed E-state index contributed by atoms with van der Waals surface area (Å²) in [6, 6.07) is -0.854. The molecule has 3 unspecified atom stereocenters. The van der Waals surface area contributed by atoms with Crippen LogP contribution in [0, 0.1) is 24.7 Å². The molecule has 26 heavy (non-hydrogen) atoms. The molecule has 1 saturated carbocycles. The van der Waals surface area contributed by atoms with Gasteiger partial charge in [0, 0.05) is 0 Å². The van der Waals surface area contributed by atoms with Gasteiger partial charge in [-0.25, -0.2) is 17.9 Å². The molecule has 1 fully saturated rings. The summed E-state index contributed by atoms with van der Waals surface area (Å²) >= 11 is 0. The number of hydrogen-bond acceptors (Lipinski definition) is 7. The molecule has 0 saturated heterocycles. The average Bonchev–Trinajstić information content (AvgIpc) is 2.53. The maximum absolute atomic E-state index is 12.7. The molecule has 1 aliphatic rings. The maximum atomic E-state index is 12.7. The monoisotopic (exact) mass is 385 g/mol. The van der Waals surface area contributed by atoms with Crippen molar-refractivity contribution in [2.75, 3.05) is 12.4 Å². The molecule has 0 bridgehead atoms. The van der Waals surface area contributed by atoms with Crippen LogP contribution in [0.2, 0.25) is 0 Å². The van der Waals surface area contributed by atoms with E-state index >= 15 is 0 Å². The molecule has 1 heterocycles. The van der Waals surface area contributed by atoms with Crippen molar-refractivity contribution < 1.29 is 17.9 Å². The molecule has 1 aromatic heterocycles. The third kappa shape index (κ3) is 5.03. The molecule has 2 N–H and O–H groups in total. The molecule has 2 rings (SSSR count). The first-order chi connectivity index (χ1) is 12.1. The SMILES string of the molecule is COc1nc(C)nc(NC(=O)NS(=O)(=O)C2CC(C(C)C)CCC2C)n1. The topological polar surface area (TPSA) is 123 Å². The Morgan fingerprint density at radius 3 is 2.54 bits per heavy atom. The molecule has 0 aromatic carbocycles. The quantitative estimate of drug-likeness (QED) is 0.795. The van der Waals surface area contributed by atoms with E-state index in [0.29, 0.717) is 24.1 Å². The highest BCUT2D eigenvalue weighted by Crippen LogP contribution is 2.36. The number of aryl methyl sites for hydroxylation is 1. The number of nitrogens with zero attached hydrogens (tertiary/aromatic N) is 3. The van der Waals surface area contributed by atoms with E-state index in [2.05, 4.69) is 38.8 Å². The molecule has 0 aliphatic heterocycles. The van der Waals surface area contributed by atoms with Crippen molar-refractivity contribution in [3.63, 3.8) is 0 Å². The fourth-order valence-electron chi connectivity index (χ4n) is 3.29. The maximum Gasteiger partial charge on any atom is 0.335 e. The first-order valence-electron chi connectivity index (χ1n) is 8.71. The Hall–Kier alpha value is -1.97. The highest BCUT2D eigenvalue weighted by Gasteiger charge is 2.38. The van der Waals surface area contributed by atoms with Crippen LogP contribution in [0.4, 0.5) is 10.7 Å². The van der Waals surface area contributed by atoms with Gasteiger partial charge in [0.05, 0.1) is 12.4 Å². The van der Waals surface area contributed by atoms with Gasteiger partial charge in [-0.15, -0.1) is 0 Å². The number of carbonyl (C=O) groups excluding carboxylic acids is 1.